The van der Waals surface area contributed by atoms with E-state index in [0.717, 1.165) is 25.1 Å². The zero-order chi connectivity index (χ0) is 19.2. The number of amides is 3. The van der Waals surface area contributed by atoms with Gasteiger partial charge in [0.25, 0.3) is 0 Å². The minimum atomic E-state index is -0.562. The van der Waals surface area contributed by atoms with Crippen molar-refractivity contribution < 1.29 is 9.59 Å². The van der Waals surface area contributed by atoms with Gasteiger partial charge >= 0.3 is 6.03 Å². The van der Waals surface area contributed by atoms with Gasteiger partial charge in [-0.2, -0.15) is 0 Å². The van der Waals surface area contributed by atoms with Gasteiger partial charge in [-0.1, -0.05) is 25.0 Å². The van der Waals surface area contributed by atoms with E-state index in [2.05, 4.69) is 31.1 Å². The van der Waals surface area contributed by atoms with E-state index in [1.807, 2.05) is 17.0 Å². The van der Waals surface area contributed by atoms with E-state index in [0.29, 0.717) is 6.54 Å². The average molecular weight is 370 g/mol. The third-order valence-corrected chi connectivity index (χ3v) is 6.62. The molecule has 6 heteroatoms. The number of benzene rings is 1. The molecule has 0 spiro atoms. The first kappa shape index (κ1) is 18.3. The molecule has 1 aromatic rings. The summed E-state index contributed by atoms with van der Waals surface area (Å²) in [6.07, 6.45) is 6.72. The number of rotatable bonds is 5. The zero-order valence-electron chi connectivity index (χ0n) is 16.4. The number of anilines is 1. The van der Waals surface area contributed by atoms with Gasteiger partial charge < -0.3 is 15.5 Å². The van der Waals surface area contributed by atoms with E-state index >= 15 is 0 Å². The Kier molecular flexibility index (Phi) is 4.62. The molecule has 6 nitrogen and oxygen atoms in total. The Morgan fingerprint density at radius 2 is 1.85 bits per heavy atom. The van der Waals surface area contributed by atoms with Crippen LogP contribution in [0.15, 0.2) is 24.3 Å². The number of primary amides is 1. The van der Waals surface area contributed by atoms with Gasteiger partial charge in [-0.05, 0) is 57.5 Å². The van der Waals surface area contributed by atoms with E-state index in [9.17, 15) is 9.59 Å². The molecule has 1 aromatic carbocycles. The SMILES string of the molecule is CN(C)CC1(c2ccc(N3C(=O)N4CCC[C@@H]4C3C(N)=O)cc2)CCCC1. The van der Waals surface area contributed by atoms with Gasteiger partial charge in [-0.25, -0.2) is 4.79 Å². The summed E-state index contributed by atoms with van der Waals surface area (Å²) in [7, 11) is 4.25. The number of carbonyl (C=O) groups is 2. The van der Waals surface area contributed by atoms with Crippen LogP contribution in [0.25, 0.3) is 0 Å². The van der Waals surface area contributed by atoms with Gasteiger partial charge in [-0.3, -0.25) is 9.69 Å². The number of nitrogens with two attached hydrogens (primary N) is 1. The minimum Gasteiger partial charge on any atom is -0.368 e. The van der Waals surface area contributed by atoms with Crippen molar-refractivity contribution in [1.29, 1.82) is 0 Å². The maximum atomic E-state index is 12.9. The lowest BCUT2D eigenvalue weighted by atomic mass is 9.78. The predicted octanol–water partition coefficient (Wildman–Crippen LogP) is 2.32. The molecule has 1 aliphatic carbocycles. The van der Waals surface area contributed by atoms with Crippen LogP contribution in [0.1, 0.15) is 44.1 Å². The van der Waals surface area contributed by atoms with E-state index in [1.54, 1.807) is 4.90 Å². The van der Waals surface area contributed by atoms with E-state index in [4.69, 9.17) is 5.73 Å². The highest BCUT2D eigenvalue weighted by molar-refractivity contribution is 6.03. The van der Waals surface area contributed by atoms with Crippen LogP contribution in [0.3, 0.4) is 0 Å². The second-order valence-electron chi connectivity index (χ2n) is 8.67. The Balaban J connectivity index is 1.63. The number of hydrogen-bond acceptors (Lipinski definition) is 3. The molecule has 3 amide bonds. The van der Waals surface area contributed by atoms with E-state index in [1.165, 1.54) is 31.2 Å². The second kappa shape index (κ2) is 6.82. The van der Waals surface area contributed by atoms with Crippen molar-refractivity contribution >= 4 is 17.6 Å². The van der Waals surface area contributed by atoms with Crippen LogP contribution in [-0.4, -0.2) is 61.0 Å². The summed E-state index contributed by atoms with van der Waals surface area (Å²) < 4.78 is 0. The maximum absolute atomic E-state index is 12.9. The Morgan fingerprint density at radius 3 is 2.44 bits per heavy atom. The highest BCUT2D eigenvalue weighted by atomic mass is 16.2. The Bertz CT molecular complexity index is 724. The molecule has 2 N–H and O–H groups in total. The number of nitrogens with zero attached hydrogens (tertiary/aromatic N) is 3. The third kappa shape index (κ3) is 3.00. The molecule has 2 saturated heterocycles. The molecule has 0 bridgehead atoms. The van der Waals surface area contributed by atoms with Crippen molar-refractivity contribution in [2.24, 2.45) is 5.73 Å². The van der Waals surface area contributed by atoms with Crippen molar-refractivity contribution in [2.75, 3.05) is 32.1 Å². The zero-order valence-corrected chi connectivity index (χ0v) is 16.4. The van der Waals surface area contributed by atoms with Crippen molar-refractivity contribution in [3.8, 4) is 0 Å². The van der Waals surface area contributed by atoms with Crippen LogP contribution in [0, 0.1) is 0 Å². The molecule has 2 heterocycles. The molecule has 27 heavy (non-hydrogen) atoms. The summed E-state index contributed by atoms with van der Waals surface area (Å²) in [5, 5.41) is 0. The highest BCUT2D eigenvalue weighted by Crippen LogP contribution is 2.42. The smallest absolute Gasteiger partial charge is 0.325 e. The molecule has 3 aliphatic rings. The van der Waals surface area contributed by atoms with Gasteiger partial charge in [0.15, 0.2) is 0 Å². The normalized spacial score (nSPS) is 26.9. The van der Waals surface area contributed by atoms with Crippen LogP contribution >= 0.6 is 0 Å². The molecule has 0 radical (unpaired) electrons. The first-order chi connectivity index (χ1) is 12.9. The molecule has 0 aromatic heterocycles. The van der Waals surface area contributed by atoms with Crippen molar-refractivity contribution in [2.45, 2.75) is 56.0 Å². The summed E-state index contributed by atoms with van der Waals surface area (Å²) in [5.74, 6) is -0.415. The lowest BCUT2D eigenvalue weighted by Gasteiger charge is -2.33. The van der Waals surface area contributed by atoms with Gasteiger partial charge in [-0.15, -0.1) is 0 Å². The number of likely N-dealkylation sites (N-methyl/N-ethyl adjacent to an activating group) is 1. The lowest BCUT2D eigenvalue weighted by molar-refractivity contribution is -0.119. The van der Waals surface area contributed by atoms with Gasteiger partial charge in [0.05, 0.1) is 6.04 Å². The van der Waals surface area contributed by atoms with E-state index < -0.39 is 11.9 Å². The van der Waals surface area contributed by atoms with Crippen molar-refractivity contribution in [3.63, 3.8) is 0 Å². The van der Waals surface area contributed by atoms with E-state index in [-0.39, 0.29) is 17.5 Å². The van der Waals surface area contributed by atoms with Crippen LogP contribution < -0.4 is 10.6 Å². The van der Waals surface area contributed by atoms with Gasteiger partial charge in [0.1, 0.15) is 6.04 Å². The number of fused-ring (bicyclic) bond motifs is 1. The maximum Gasteiger partial charge on any atom is 0.325 e. The number of urea groups is 1. The number of hydrogen-bond donors (Lipinski definition) is 1. The molecule has 4 rings (SSSR count). The summed E-state index contributed by atoms with van der Waals surface area (Å²) in [6, 6.07) is 7.58. The quantitative estimate of drug-likeness (QED) is 0.865. The summed E-state index contributed by atoms with van der Waals surface area (Å²) >= 11 is 0. The first-order valence-electron chi connectivity index (χ1n) is 10.1. The van der Waals surface area contributed by atoms with Crippen molar-refractivity contribution in [3.05, 3.63) is 29.8 Å². The molecule has 3 fully saturated rings. The molecular formula is C21H30N4O2. The summed E-state index contributed by atoms with van der Waals surface area (Å²) in [4.78, 5) is 30.7. The standard InChI is InChI=1S/C21H30N4O2/c1-23(2)14-21(11-3-4-12-21)15-7-9-16(10-8-15)25-18(19(22)26)17-6-5-13-24(17)20(25)27/h7-10,17-18H,3-6,11-14H2,1-2H3,(H2,22,26)/t17-,18?/m1/s1. The Labute approximate surface area is 161 Å². The molecular weight excluding hydrogens is 340 g/mol. The fourth-order valence-electron chi connectivity index (χ4n) is 5.55. The first-order valence-corrected chi connectivity index (χ1v) is 10.1. The molecule has 146 valence electrons. The van der Waals surface area contributed by atoms with Crippen molar-refractivity contribution in [1.82, 2.24) is 9.80 Å². The largest absolute Gasteiger partial charge is 0.368 e. The topological polar surface area (TPSA) is 69.9 Å². The third-order valence-electron chi connectivity index (χ3n) is 6.62. The van der Waals surface area contributed by atoms with Crippen LogP contribution in [-0.2, 0) is 10.2 Å². The van der Waals surface area contributed by atoms with Crippen LogP contribution in [0.5, 0.6) is 0 Å². The van der Waals surface area contributed by atoms with Gasteiger partial charge in [0, 0.05) is 24.2 Å². The molecule has 1 unspecified atom stereocenters. The molecule has 2 aliphatic heterocycles. The fourth-order valence-corrected chi connectivity index (χ4v) is 5.55. The van der Waals surface area contributed by atoms with Crippen LogP contribution in [0.4, 0.5) is 10.5 Å². The monoisotopic (exact) mass is 370 g/mol. The summed E-state index contributed by atoms with van der Waals surface area (Å²) in [5.41, 5.74) is 7.99. The minimum absolute atomic E-state index is 0.0791. The Morgan fingerprint density at radius 1 is 1.19 bits per heavy atom. The molecule has 2 atom stereocenters. The summed E-state index contributed by atoms with van der Waals surface area (Å²) in [6.45, 7) is 1.75. The van der Waals surface area contributed by atoms with Crippen LogP contribution in [0.2, 0.25) is 0 Å². The highest BCUT2D eigenvalue weighted by Gasteiger charge is 2.51. The molecule has 1 saturated carbocycles. The van der Waals surface area contributed by atoms with Gasteiger partial charge in [0.2, 0.25) is 5.91 Å². The lowest BCUT2D eigenvalue weighted by Crippen LogP contribution is -2.46. The predicted molar refractivity (Wildman–Crippen MR) is 106 cm³/mol. The fraction of sp³-hybridized carbons (Fsp3) is 0.619. The average Bonchev–Trinajstić information content (AvgIpc) is 3.32. The second-order valence-corrected chi connectivity index (χ2v) is 8.67. The number of carbonyl (C=O) groups excluding carboxylic acids is 2. The Hall–Kier alpha value is -2.08.